The maximum atomic E-state index is 13.2. The highest BCUT2D eigenvalue weighted by atomic mass is 19.3. The SMILES string of the molecule is Nc1nc(NC2CCN(C3CC(F)(F)C3)CC2)nn2ccc(-c3ccc4nnn(CC(F)F)c4n3)c12. The van der Waals surface area contributed by atoms with Gasteiger partial charge in [0.15, 0.2) is 11.5 Å². The number of nitrogens with zero attached hydrogens (tertiary/aromatic N) is 8. The van der Waals surface area contributed by atoms with Crippen molar-refractivity contribution in [3.05, 3.63) is 24.4 Å². The Kier molecular flexibility index (Phi) is 5.43. The molecule has 6 rings (SSSR count). The van der Waals surface area contributed by atoms with Gasteiger partial charge in [0.2, 0.25) is 5.95 Å². The summed E-state index contributed by atoms with van der Waals surface area (Å²) < 4.78 is 54.8. The predicted molar refractivity (Wildman–Crippen MR) is 124 cm³/mol. The van der Waals surface area contributed by atoms with Gasteiger partial charge >= 0.3 is 0 Å². The maximum Gasteiger partial charge on any atom is 0.258 e. The van der Waals surface area contributed by atoms with Gasteiger partial charge in [-0.25, -0.2) is 31.7 Å². The number of hydrogen-bond acceptors (Lipinski definition) is 8. The number of alkyl halides is 4. The zero-order valence-electron chi connectivity index (χ0n) is 19.2. The van der Waals surface area contributed by atoms with E-state index in [1.165, 1.54) is 0 Å². The second-order valence-corrected chi connectivity index (χ2v) is 9.42. The van der Waals surface area contributed by atoms with E-state index in [-0.39, 0.29) is 36.4 Å². The van der Waals surface area contributed by atoms with Crippen LogP contribution in [0, 0.1) is 0 Å². The number of pyridine rings is 1. The van der Waals surface area contributed by atoms with Crippen LogP contribution in [0.15, 0.2) is 24.4 Å². The third kappa shape index (κ3) is 4.18. The molecule has 0 bridgehead atoms. The van der Waals surface area contributed by atoms with Crippen LogP contribution in [0.4, 0.5) is 29.3 Å². The van der Waals surface area contributed by atoms with Crippen molar-refractivity contribution < 1.29 is 17.6 Å². The quantitative estimate of drug-likeness (QED) is 0.385. The highest BCUT2D eigenvalue weighted by Gasteiger charge is 2.48. The Labute approximate surface area is 202 Å². The molecular weight excluding hydrogens is 480 g/mol. The fourth-order valence-corrected chi connectivity index (χ4v) is 5.06. The van der Waals surface area contributed by atoms with Gasteiger partial charge in [-0.05, 0) is 31.0 Å². The topological polar surface area (TPSA) is 115 Å². The van der Waals surface area contributed by atoms with Crippen LogP contribution in [0.2, 0.25) is 0 Å². The number of nitrogen functional groups attached to an aromatic ring is 1. The number of likely N-dealkylation sites (tertiary alicyclic amines) is 1. The number of anilines is 2. The molecule has 5 heterocycles. The largest absolute Gasteiger partial charge is 0.382 e. The first kappa shape index (κ1) is 22.9. The van der Waals surface area contributed by atoms with Crippen molar-refractivity contribution in [2.75, 3.05) is 24.1 Å². The van der Waals surface area contributed by atoms with Crippen LogP contribution in [0.5, 0.6) is 0 Å². The standard InChI is InChI=1S/C22H24F4N10/c23-17(24)11-36-20-16(31-33-36)2-1-15(29-20)14-5-8-35-18(14)19(27)30-21(32-35)28-12-3-6-34(7-4-12)13-9-22(25,26)10-13/h1-2,5,8,12-13,17H,3-4,6-7,9-11H2,(H3,27,28,30,32). The van der Waals surface area contributed by atoms with Crippen molar-refractivity contribution in [2.24, 2.45) is 0 Å². The third-order valence-electron chi connectivity index (χ3n) is 6.93. The summed E-state index contributed by atoms with van der Waals surface area (Å²) in [5.74, 6) is -1.90. The summed E-state index contributed by atoms with van der Waals surface area (Å²) in [5.41, 5.74) is 8.66. The number of rotatable bonds is 6. The molecule has 2 fully saturated rings. The van der Waals surface area contributed by atoms with Gasteiger partial charge in [0.05, 0.1) is 5.69 Å². The summed E-state index contributed by atoms with van der Waals surface area (Å²) in [5, 5.41) is 15.5. The van der Waals surface area contributed by atoms with Gasteiger partial charge in [-0.1, -0.05) is 5.21 Å². The number of piperidine rings is 1. The summed E-state index contributed by atoms with van der Waals surface area (Å²) in [6, 6.07) is 5.25. The molecule has 36 heavy (non-hydrogen) atoms. The van der Waals surface area contributed by atoms with E-state index in [1.807, 2.05) is 0 Å². The first-order chi connectivity index (χ1) is 17.3. The highest BCUT2D eigenvalue weighted by Crippen LogP contribution is 2.41. The lowest BCUT2D eigenvalue weighted by Gasteiger charge is -2.45. The Hall–Kier alpha value is -3.55. The minimum absolute atomic E-state index is 0.0277. The van der Waals surface area contributed by atoms with Gasteiger partial charge in [0, 0.05) is 49.8 Å². The number of hydrogen-bond donors (Lipinski definition) is 2. The lowest BCUT2D eigenvalue weighted by Crippen LogP contribution is -2.54. The molecule has 4 aromatic rings. The van der Waals surface area contributed by atoms with Crippen LogP contribution in [0.1, 0.15) is 25.7 Å². The van der Waals surface area contributed by atoms with E-state index in [2.05, 4.69) is 35.6 Å². The average Bonchev–Trinajstić information content (AvgIpc) is 3.42. The summed E-state index contributed by atoms with van der Waals surface area (Å²) in [6.07, 6.45) is 0.637. The third-order valence-corrected chi connectivity index (χ3v) is 6.93. The van der Waals surface area contributed by atoms with E-state index >= 15 is 0 Å². The van der Waals surface area contributed by atoms with Gasteiger partial charge in [-0.2, -0.15) is 4.98 Å². The molecule has 0 spiro atoms. The molecule has 1 aliphatic heterocycles. The smallest absolute Gasteiger partial charge is 0.258 e. The number of fused-ring (bicyclic) bond motifs is 2. The molecule has 0 atom stereocenters. The minimum Gasteiger partial charge on any atom is -0.382 e. The van der Waals surface area contributed by atoms with Crippen molar-refractivity contribution in [3.63, 3.8) is 0 Å². The van der Waals surface area contributed by atoms with Crippen LogP contribution in [0.3, 0.4) is 0 Å². The molecule has 2 aliphatic rings. The molecule has 3 N–H and O–H groups in total. The van der Waals surface area contributed by atoms with Gasteiger partial charge in [0.25, 0.3) is 12.3 Å². The fraction of sp³-hybridized carbons (Fsp3) is 0.500. The van der Waals surface area contributed by atoms with E-state index in [0.29, 0.717) is 28.2 Å². The zero-order valence-corrected chi connectivity index (χ0v) is 19.2. The Morgan fingerprint density at radius 1 is 1.11 bits per heavy atom. The molecule has 0 radical (unpaired) electrons. The van der Waals surface area contributed by atoms with Gasteiger partial charge in [-0.15, -0.1) is 10.2 Å². The number of nitrogens with one attached hydrogen (secondary N) is 1. The highest BCUT2D eigenvalue weighted by molar-refractivity contribution is 5.88. The summed E-state index contributed by atoms with van der Waals surface area (Å²) >= 11 is 0. The van der Waals surface area contributed by atoms with Crippen LogP contribution >= 0.6 is 0 Å². The van der Waals surface area contributed by atoms with Crippen LogP contribution < -0.4 is 11.1 Å². The van der Waals surface area contributed by atoms with Crippen molar-refractivity contribution in [1.82, 2.24) is 39.5 Å². The fourth-order valence-electron chi connectivity index (χ4n) is 5.06. The molecule has 0 aromatic carbocycles. The molecule has 14 heteroatoms. The van der Waals surface area contributed by atoms with Crippen molar-refractivity contribution in [1.29, 1.82) is 0 Å². The summed E-state index contributed by atoms with van der Waals surface area (Å²) in [6.45, 7) is 0.889. The van der Waals surface area contributed by atoms with Crippen molar-refractivity contribution in [2.45, 2.75) is 56.7 Å². The van der Waals surface area contributed by atoms with Gasteiger partial charge in [-0.3, -0.25) is 4.90 Å². The number of aromatic nitrogens is 7. The average molecular weight is 504 g/mol. The Bertz CT molecular complexity index is 1400. The Balaban J connectivity index is 1.19. The Morgan fingerprint density at radius 3 is 2.61 bits per heavy atom. The monoisotopic (exact) mass is 504 g/mol. The molecule has 0 amide bonds. The molecule has 1 aliphatic carbocycles. The molecular formula is C22H24F4N10. The van der Waals surface area contributed by atoms with Crippen LogP contribution in [-0.2, 0) is 6.54 Å². The minimum atomic E-state index is -2.58. The number of halogens is 4. The zero-order chi connectivity index (χ0) is 25.0. The second kappa shape index (κ2) is 8.54. The van der Waals surface area contributed by atoms with Crippen molar-refractivity contribution >= 4 is 28.4 Å². The Morgan fingerprint density at radius 2 is 1.89 bits per heavy atom. The van der Waals surface area contributed by atoms with E-state index in [0.717, 1.165) is 30.6 Å². The van der Waals surface area contributed by atoms with E-state index in [1.54, 1.807) is 28.9 Å². The molecule has 4 aromatic heterocycles. The van der Waals surface area contributed by atoms with E-state index in [9.17, 15) is 17.6 Å². The normalized spacial score (nSPS) is 19.4. The van der Waals surface area contributed by atoms with Crippen molar-refractivity contribution in [3.8, 4) is 11.3 Å². The summed E-state index contributed by atoms with van der Waals surface area (Å²) in [4.78, 5) is 11.1. The molecule has 1 saturated heterocycles. The summed E-state index contributed by atoms with van der Waals surface area (Å²) in [7, 11) is 0. The molecule has 0 unspecified atom stereocenters. The lowest BCUT2D eigenvalue weighted by atomic mass is 9.85. The second-order valence-electron chi connectivity index (χ2n) is 9.42. The van der Waals surface area contributed by atoms with Crippen LogP contribution in [-0.4, -0.2) is 77.0 Å². The van der Waals surface area contributed by atoms with E-state index < -0.39 is 18.9 Å². The maximum absolute atomic E-state index is 13.2. The first-order valence-electron chi connectivity index (χ1n) is 11.8. The molecule has 190 valence electrons. The molecule has 1 saturated carbocycles. The first-order valence-corrected chi connectivity index (χ1v) is 11.8. The van der Waals surface area contributed by atoms with Crippen LogP contribution in [0.25, 0.3) is 27.9 Å². The van der Waals surface area contributed by atoms with Gasteiger partial charge in [0.1, 0.15) is 17.6 Å². The lowest BCUT2D eigenvalue weighted by molar-refractivity contribution is -0.127. The predicted octanol–water partition coefficient (Wildman–Crippen LogP) is 3.06. The molecule has 10 nitrogen and oxygen atoms in total. The number of nitrogens with two attached hydrogens (primary N) is 1. The van der Waals surface area contributed by atoms with Gasteiger partial charge < -0.3 is 11.1 Å². The van der Waals surface area contributed by atoms with E-state index in [4.69, 9.17) is 5.73 Å².